The highest BCUT2D eigenvalue weighted by atomic mass is 16.5. The smallest absolute Gasteiger partial charge is 0.123 e. The molecule has 0 saturated heterocycles. The van der Waals surface area contributed by atoms with Crippen LogP contribution in [0.25, 0.3) is 0 Å². The standard InChI is InChI=1S/C16H16N2O/c17-10-9-13-5-3-4-8-16(13)19-12-15-7-2-1-6-14(15)11-18/h1-8H,9-10,12,17H2. The van der Waals surface area contributed by atoms with Gasteiger partial charge in [0.25, 0.3) is 0 Å². The van der Waals surface area contributed by atoms with Crippen molar-refractivity contribution in [3.8, 4) is 11.8 Å². The summed E-state index contributed by atoms with van der Waals surface area (Å²) in [5.74, 6) is 0.834. The summed E-state index contributed by atoms with van der Waals surface area (Å²) in [4.78, 5) is 0. The second-order valence-electron chi connectivity index (χ2n) is 4.20. The van der Waals surface area contributed by atoms with E-state index in [1.165, 1.54) is 0 Å². The molecule has 19 heavy (non-hydrogen) atoms. The third kappa shape index (κ3) is 3.34. The molecule has 0 aliphatic heterocycles. The lowest BCUT2D eigenvalue weighted by Crippen LogP contribution is -2.05. The largest absolute Gasteiger partial charge is 0.489 e. The molecule has 2 rings (SSSR count). The van der Waals surface area contributed by atoms with E-state index in [0.29, 0.717) is 18.7 Å². The molecule has 3 heteroatoms. The fraction of sp³-hybridized carbons (Fsp3) is 0.188. The van der Waals surface area contributed by atoms with Gasteiger partial charge < -0.3 is 10.5 Å². The second-order valence-corrected chi connectivity index (χ2v) is 4.20. The topological polar surface area (TPSA) is 59.0 Å². The van der Waals surface area contributed by atoms with Crippen LogP contribution in [0.1, 0.15) is 16.7 Å². The molecule has 2 aromatic carbocycles. The Hall–Kier alpha value is -2.31. The number of nitriles is 1. The number of benzene rings is 2. The minimum absolute atomic E-state index is 0.394. The summed E-state index contributed by atoms with van der Waals surface area (Å²) in [5, 5.41) is 9.03. The van der Waals surface area contributed by atoms with Crippen molar-refractivity contribution in [2.75, 3.05) is 6.54 Å². The van der Waals surface area contributed by atoms with E-state index in [-0.39, 0.29) is 0 Å². The molecule has 0 saturated carbocycles. The van der Waals surface area contributed by atoms with Crippen LogP contribution in [0.15, 0.2) is 48.5 Å². The van der Waals surface area contributed by atoms with Crippen molar-refractivity contribution in [1.29, 1.82) is 5.26 Å². The molecule has 0 unspecified atom stereocenters. The van der Waals surface area contributed by atoms with E-state index in [1.54, 1.807) is 6.07 Å². The highest BCUT2D eigenvalue weighted by molar-refractivity contribution is 5.38. The molecule has 96 valence electrons. The molecule has 0 aliphatic carbocycles. The highest BCUT2D eigenvalue weighted by Crippen LogP contribution is 2.20. The summed E-state index contributed by atoms with van der Waals surface area (Å²) >= 11 is 0. The van der Waals surface area contributed by atoms with Crippen LogP contribution in [-0.4, -0.2) is 6.54 Å². The molecule has 3 nitrogen and oxygen atoms in total. The number of rotatable bonds is 5. The van der Waals surface area contributed by atoms with Gasteiger partial charge in [-0.05, 0) is 30.7 Å². The van der Waals surface area contributed by atoms with Crippen LogP contribution in [0.3, 0.4) is 0 Å². The molecule has 0 atom stereocenters. The first kappa shape index (κ1) is 13.1. The van der Waals surface area contributed by atoms with Crippen LogP contribution >= 0.6 is 0 Å². The van der Waals surface area contributed by atoms with Crippen LogP contribution in [0, 0.1) is 11.3 Å². The Balaban J connectivity index is 2.13. The Labute approximate surface area is 113 Å². The fourth-order valence-electron chi connectivity index (χ4n) is 1.92. The molecule has 0 heterocycles. The van der Waals surface area contributed by atoms with Gasteiger partial charge in [0.15, 0.2) is 0 Å². The zero-order valence-electron chi connectivity index (χ0n) is 10.7. The summed E-state index contributed by atoms with van der Waals surface area (Å²) in [6.45, 7) is 0.987. The average Bonchev–Trinajstić information content (AvgIpc) is 2.47. The SMILES string of the molecule is N#Cc1ccccc1COc1ccccc1CCN. The van der Waals surface area contributed by atoms with Crippen molar-refractivity contribution in [2.45, 2.75) is 13.0 Å². The first-order valence-corrected chi connectivity index (χ1v) is 6.24. The highest BCUT2D eigenvalue weighted by Gasteiger charge is 2.05. The van der Waals surface area contributed by atoms with E-state index < -0.39 is 0 Å². The van der Waals surface area contributed by atoms with E-state index in [9.17, 15) is 0 Å². The van der Waals surface area contributed by atoms with Crippen molar-refractivity contribution < 1.29 is 4.74 Å². The maximum atomic E-state index is 9.03. The molecule has 0 aliphatic rings. The number of ether oxygens (including phenoxy) is 1. The zero-order chi connectivity index (χ0) is 13.5. The van der Waals surface area contributed by atoms with Gasteiger partial charge in [-0.3, -0.25) is 0 Å². The lowest BCUT2D eigenvalue weighted by Gasteiger charge is -2.11. The first-order chi connectivity index (χ1) is 9.35. The number of nitrogens with two attached hydrogens (primary N) is 1. The summed E-state index contributed by atoms with van der Waals surface area (Å²) in [6, 6.07) is 17.5. The minimum Gasteiger partial charge on any atom is -0.489 e. The predicted molar refractivity (Wildman–Crippen MR) is 74.7 cm³/mol. The van der Waals surface area contributed by atoms with Crippen molar-refractivity contribution >= 4 is 0 Å². The summed E-state index contributed by atoms with van der Waals surface area (Å²) in [5.41, 5.74) is 8.23. The van der Waals surface area contributed by atoms with Crippen molar-refractivity contribution in [2.24, 2.45) is 5.73 Å². The van der Waals surface area contributed by atoms with E-state index in [2.05, 4.69) is 6.07 Å². The van der Waals surface area contributed by atoms with Gasteiger partial charge in [-0.2, -0.15) is 5.26 Å². The Kier molecular flexibility index (Phi) is 4.54. The van der Waals surface area contributed by atoms with Crippen LogP contribution in [-0.2, 0) is 13.0 Å². The molecule has 2 aromatic rings. The van der Waals surface area contributed by atoms with Gasteiger partial charge in [-0.1, -0.05) is 36.4 Å². The first-order valence-electron chi connectivity index (χ1n) is 6.24. The molecule has 0 aromatic heterocycles. The maximum absolute atomic E-state index is 9.03. The third-order valence-corrected chi connectivity index (χ3v) is 2.91. The maximum Gasteiger partial charge on any atom is 0.123 e. The lowest BCUT2D eigenvalue weighted by molar-refractivity contribution is 0.302. The molecular formula is C16H16N2O. The summed E-state index contributed by atoms with van der Waals surface area (Å²) in [7, 11) is 0. The quantitative estimate of drug-likeness (QED) is 0.890. The predicted octanol–water partition coefficient (Wildman–Crippen LogP) is 2.64. The van der Waals surface area contributed by atoms with Gasteiger partial charge in [0.2, 0.25) is 0 Å². The second kappa shape index (κ2) is 6.58. The van der Waals surface area contributed by atoms with Gasteiger partial charge in [0.05, 0.1) is 11.6 Å². The van der Waals surface area contributed by atoms with E-state index in [1.807, 2.05) is 42.5 Å². The van der Waals surface area contributed by atoms with E-state index in [0.717, 1.165) is 23.3 Å². The molecular weight excluding hydrogens is 236 g/mol. The Morgan fingerprint density at radius 2 is 1.68 bits per heavy atom. The fourth-order valence-corrected chi connectivity index (χ4v) is 1.92. The van der Waals surface area contributed by atoms with Crippen molar-refractivity contribution in [3.63, 3.8) is 0 Å². The number of hydrogen-bond donors (Lipinski definition) is 1. The van der Waals surface area contributed by atoms with Gasteiger partial charge >= 0.3 is 0 Å². The number of para-hydroxylation sites is 1. The monoisotopic (exact) mass is 252 g/mol. The Morgan fingerprint density at radius 1 is 1.00 bits per heavy atom. The number of nitrogens with zero attached hydrogens (tertiary/aromatic N) is 1. The van der Waals surface area contributed by atoms with Gasteiger partial charge in [-0.25, -0.2) is 0 Å². The molecule has 0 amide bonds. The van der Waals surface area contributed by atoms with Gasteiger partial charge in [0.1, 0.15) is 12.4 Å². The average molecular weight is 252 g/mol. The molecule has 0 bridgehead atoms. The zero-order valence-corrected chi connectivity index (χ0v) is 10.7. The van der Waals surface area contributed by atoms with E-state index >= 15 is 0 Å². The molecule has 0 radical (unpaired) electrons. The van der Waals surface area contributed by atoms with Crippen LogP contribution in [0.4, 0.5) is 0 Å². The van der Waals surface area contributed by atoms with E-state index in [4.69, 9.17) is 15.7 Å². The third-order valence-electron chi connectivity index (χ3n) is 2.91. The van der Waals surface area contributed by atoms with Crippen LogP contribution < -0.4 is 10.5 Å². The normalized spacial score (nSPS) is 9.89. The number of hydrogen-bond acceptors (Lipinski definition) is 3. The molecule has 0 fully saturated rings. The Bertz CT molecular complexity index is 587. The molecule has 2 N–H and O–H groups in total. The minimum atomic E-state index is 0.394. The van der Waals surface area contributed by atoms with Crippen LogP contribution in [0.5, 0.6) is 5.75 Å². The summed E-state index contributed by atoms with van der Waals surface area (Å²) in [6.07, 6.45) is 0.788. The van der Waals surface area contributed by atoms with Crippen molar-refractivity contribution in [1.82, 2.24) is 0 Å². The van der Waals surface area contributed by atoms with Gasteiger partial charge in [-0.15, -0.1) is 0 Å². The Morgan fingerprint density at radius 3 is 2.42 bits per heavy atom. The summed E-state index contributed by atoms with van der Waals surface area (Å²) < 4.78 is 5.81. The lowest BCUT2D eigenvalue weighted by atomic mass is 10.1. The van der Waals surface area contributed by atoms with Crippen molar-refractivity contribution in [3.05, 3.63) is 65.2 Å². The van der Waals surface area contributed by atoms with Gasteiger partial charge in [0, 0.05) is 5.56 Å². The van der Waals surface area contributed by atoms with Crippen LogP contribution in [0.2, 0.25) is 0 Å². The molecule has 0 spiro atoms.